The molecule has 0 aliphatic heterocycles. The summed E-state index contributed by atoms with van der Waals surface area (Å²) in [6, 6.07) is 14.8. The average molecular weight is 248 g/mol. The van der Waals surface area contributed by atoms with Crippen molar-refractivity contribution in [2.24, 2.45) is 5.73 Å². The van der Waals surface area contributed by atoms with Crippen molar-refractivity contribution in [1.82, 2.24) is 4.98 Å². The van der Waals surface area contributed by atoms with Gasteiger partial charge in [0.05, 0.1) is 0 Å². The number of aryl methyl sites for hydroxylation is 1. The van der Waals surface area contributed by atoms with Gasteiger partial charge in [-0.05, 0) is 35.1 Å². The molecular formula is C17H16N2. The van der Waals surface area contributed by atoms with Gasteiger partial charge in [-0.25, -0.2) is 0 Å². The number of pyridine rings is 1. The maximum Gasteiger partial charge on any atom is 0.0346 e. The van der Waals surface area contributed by atoms with Gasteiger partial charge in [0.15, 0.2) is 0 Å². The van der Waals surface area contributed by atoms with Crippen LogP contribution in [-0.2, 0) is 6.54 Å². The molecule has 2 aromatic carbocycles. The molecule has 0 saturated carbocycles. The van der Waals surface area contributed by atoms with Gasteiger partial charge in [-0.2, -0.15) is 0 Å². The standard InChI is InChI=1S/C17H16N2/c1-12-5-6-13(10-18)17(9-12)16-4-2-3-14-11-19-8-7-15(14)16/h2-9,11H,10,18H2,1H3. The Morgan fingerprint density at radius 3 is 2.79 bits per heavy atom. The maximum atomic E-state index is 5.87. The first-order valence-corrected chi connectivity index (χ1v) is 6.42. The lowest BCUT2D eigenvalue weighted by molar-refractivity contribution is 1.07. The van der Waals surface area contributed by atoms with Crippen LogP contribution in [0.15, 0.2) is 54.9 Å². The zero-order chi connectivity index (χ0) is 13.2. The van der Waals surface area contributed by atoms with Gasteiger partial charge in [0.25, 0.3) is 0 Å². The Bertz CT molecular complexity index is 727. The third-order valence-corrected chi connectivity index (χ3v) is 3.46. The molecule has 0 bridgehead atoms. The van der Waals surface area contributed by atoms with Crippen molar-refractivity contribution in [1.29, 1.82) is 0 Å². The van der Waals surface area contributed by atoms with Gasteiger partial charge in [-0.3, -0.25) is 4.98 Å². The van der Waals surface area contributed by atoms with Gasteiger partial charge in [0.1, 0.15) is 0 Å². The van der Waals surface area contributed by atoms with E-state index in [9.17, 15) is 0 Å². The van der Waals surface area contributed by atoms with Crippen molar-refractivity contribution < 1.29 is 0 Å². The number of hydrogen-bond acceptors (Lipinski definition) is 2. The zero-order valence-corrected chi connectivity index (χ0v) is 10.9. The zero-order valence-electron chi connectivity index (χ0n) is 10.9. The predicted molar refractivity (Wildman–Crippen MR) is 79.8 cm³/mol. The molecule has 0 amide bonds. The molecule has 0 fully saturated rings. The lowest BCUT2D eigenvalue weighted by Crippen LogP contribution is -1.99. The van der Waals surface area contributed by atoms with Crippen LogP contribution in [0.3, 0.4) is 0 Å². The van der Waals surface area contributed by atoms with Gasteiger partial charge >= 0.3 is 0 Å². The van der Waals surface area contributed by atoms with Crippen LogP contribution in [-0.4, -0.2) is 4.98 Å². The SMILES string of the molecule is Cc1ccc(CN)c(-c2cccc3cnccc23)c1. The summed E-state index contributed by atoms with van der Waals surface area (Å²) >= 11 is 0. The van der Waals surface area contributed by atoms with Gasteiger partial charge in [-0.1, -0.05) is 42.0 Å². The summed E-state index contributed by atoms with van der Waals surface area (Å²) in [5, 5.41) is 2.38. The number of fused-ring (bicyclic) bond motifs is 1. The second kappa shape index (κ2) is 4.82. The molecule has 3 aromatic rings. The first-order valence-electron chi connectivity index (χ1n) is 6.42. The monoisotopic (exact) mass is 248 g/mol. The molecule has 2 nitrogen and oxygen atoms in total. The lowest BCUT2D eigenvalue weighted by Gasteiger charge is -2.12. The first kappa shape index (κ1) is 11.9. The predicted octanol–water partition coefficient (Wildman–Crippen LogP) is 3.67. The molecule has 0 aliphatic rings. The van der Waals surface area contributed by atoms with Crippen LogP contribution in [0.4, 0.5) is 0 Å². The van der Waals surface area contributed by atoms with Crippen LogP contribution in [0.5, 0.6) is 0 Å². The van der Waals surface area contributed by atoms with Crippen molar-refractivity contribution in [3.8, 4) is 11.1 Å². The van der Waals surface area contributed by atoms with Crippen LogP contribution in [0, 0.1) is 6.92 Å². The van der Waals surface area contributed by atoms with Crippen molar-refractivity contribution in [2.75, 3.05) is 0 Å². The molecule has 94 valence electrons. The molecule has 0 spiro atoms. The normalized spacial score (nSPS) is 10.8. The first-order chi connectivity index (χ1) is 9.29. The van der Waals surface area contributed by atoms with Crippen molar-refractivity contribution in [3.05, 3.63) is 66.0 Å². The highest BCUT2D eigenvalue weighted by Gasteiger charge is 2.08. The molecule has 1 aromatic heterocycles. The van der Waals surface area contributed by atoms with E-state index in [0.29, 0.717) is 6.54 Å². The summed E-state index contributed by atoms with van der Waals surface area (Å²) in [5.41, 5.74) is 10.7. The minimum Gasteiger partial charge on any atom is -0.326 e. The Morgan fingerprint density at radius 1 is 1.05 bits per heavy atom. The fourth-order valence-electron chi connectivity index (χ4n) is 2.48. The number of aromatic nitrogens is 1. The fraction of sp³-hybridized carbons (Fsp3) is 0.118. The highest BCUT2D eigenvalue weighted by atomic mass is 14.6. The Balaban J connectivity index is 2.33. The van der Waals surface area contributed by atoms with Gasteiger partial charge in [0, 0.05) is 24.3 Å². The van der Waals surface area contributed by atoms with Crippen LogP contribution >= 0.6 is 0 Å². The summed E-state index contributed by atoms with van der Waals surface area (Å²) in [6.45, 7) is 2.66. The molecule has 0 unspecified atom stereocenters. The highest BCUT2D eigenvalue weighted by molar-refractivity contribution is 5.96. The van der Waals surface area contributed by atoms with E-state index in [-0.39, 0.29) is 0 Å². The smallest absolute Gasteiger partial charge is 0.0346 e. The van der Waals surface area contributed by atoms with Crippen LogP contribution < -0.4 is 5.73 Å². The van der Waals surface area contributed by atoms with E-state index >= 15 is 0 Å². The summed E-state index contributed by atoms with van der Waals surface area (Å²) in [4.78, 5) is 4.18. The number of nitrogens with zero attached hydrogens (tertiary/aromatic N) is 1. The Hall–Kier alpha value is -2.19. The Morgan fingerprint density at radius 2 is 1.95 bits per heavy atom. The second-order valence-electron chi connectivity index (χ2n) is 4.77. The summed E-state index contributed by atoms with van der Waals surface area (Å²) in [7, 11) is 0. The lowest BCUT2D eigenvalue weighted by atomic mass is 9.94. The quantitative estimate of drug-likeness (QED) is 0.751. The van der Waals surface area contributed by atoms with E-state index in [4.69, 9.17) is 5.73 Å². The van der Waals surface area contributed by atoms with Crippen LogP contribution in [0.25, 0.3) is 21.9 Å². The molecule has 19 heavy (non-hydrogen) atoms. The van der Waals surface area contributed by atoms with E-state index in [1.807, 2.05) is 12.4 Å². The molecule has 0 atom stereocenters. The third-order valence-electron chi connectivity index (χ3n) is 3.46. The van der Waals surface area contributed by atoms with Crippen molar-refractivity contribution in [2.45, 2.75) is 13.5 Å². The minimum atomic E-state index is 0.553. The van der Waals surface area contributed by atoms with E-state index in [0.717, 1.165) is 5.39 Å². The molecule has 0 aliphatic carbocycles. The minimum absolute atomic E-state index is 0.553. The fourth-order valence-corrected chi connectivity index (χ4v) is 2.48. The molecule has 1 heterocycles. The molecular weight excluding hydrogens is 232 g/mol. The Kier molecular flexibility index (Phi) is 3.02. The largest absolute Gasteiger partial charge is 0.326 e. The van der Waals surface area contributed by atoms with Crippen LogP contribution in [0.1, 0.15) is 11.1 Å². The molecule has 2 heteroatoms. The maximum absolute atomic E-state index is 5.87. The number of benzene rings is 2. The second-order valence-corrected chi connectivity index (χ2v) is 4.77. The van der Waals surface area contributed by atoms with Crippen molar-refractivity contribution >= 4 is 10.8 Å². The van der Waals surface area contributed by atoms with Crippen LogP contribution in [0.2, 0.25) is 0 Å². The van der Waals surface area contributed by atoms with E-state index in [2.05, 4.69) is 54.4 Å². The Labute approximate surface area is 112 Å². The van der Waals surface area contributed by atoms with Gasteiger partial charge in [0.2, 0.25) is 0 Å². The van der Waals surface area contributed by atoms with Gasteiger partial charge in [-0.15, -0.1) is 0 Å². The summed E-state index contributed by atoms with van der Waals surface area (Å²) in [6.07, 6.45) is 3.74. The van der Waals surface area contributed by atoms with Crippen molar-refractivity contribution in [3.63, 3.8) is 0 Å². The van der Waals surface area contributed by atoms with E-state index < -0.39 is 0 Å². The topological polar surface area (TPSA) is 38.9 Å². The molecule has 3 rings (SSSR count). The van der Waals surface area contributed by atoms with E-state index in [1.54, 1.807) is 0 Å². The summed E-state index contributed by atoms with van der Waals surface area (Å²) in [5.74, 6) is 0. The molecule has 0 radical (unpaired) electrons. The number of hydrogen-bond donors (Lipinski definition) is 1. The molecule has 0 saturated heterocycles. The third kappa shape index (κ3) is 2.11. The van der Waals surface area contributed by atoms with Gasteiger partial charge < -0.3 is 5.73 Å². The number of rotatable bonds is 2. The van der Waals surface area contributed by atoms with E-state index in [1.165, 1.54) is 27.6 Å². The summed E-state index contributed by atoms with van der Waals surface area (Å²) < 4.78 is 0. The highest BCUT2D eigenvalue weighted by Crippen LogP contribution is 2.31. The average Bonchev–Trinajstić information content (AvgIpc) is 2.46. The molecule has 2 N–H and O–H groups in total. The number of nitrogens with two attached hydrogens (primary N) is 1.